The Morgan fingerprint density at radius 2 is 2.11 bits per heavy atom. The number of nitrogens with one attached hydrogen (secondary N) is 2. The second-order valence-electron chi connectivity index (χ2n) is 7.47. The number of nitrogens with zero attached hydrogens (tertiary/aromatic N) is 1. The van der Waals surface area contributed by atoms with Crippen molar-refractivity contribution >= 4 is 34.8 Å². The van der Waals surface area contributed by atoms with Gasteiger partial charge in [0.2, 0.25) is 5.91 Å². The molecule has 1 amide bonds. The Morgan fingerprint density at radius 1 is 1.26 bits per heavy atom. The van der Waals surface area contributed by atoms with E-state index in [1.54, 1.807) is 0 Å². The van der Waals surface area contributed by atoms with E-state index in [2.05, 4.69) is 34.7 Å². The molecular weight excluding hydrogens is 381 g/mol. The van der Waals surface area contributed by atoms with Crippen molar-refractivity contribution in [2.45, 2.75) is 31.3 Å². The van der Waals surface area contributed by atoms with Gasteiger partial charge in [-0.25, -0.2) is 0 Å². The van der Waals surface area contributed by atoms with Crippen molar-refractivity contribution in [1.82, 2.24) is 10.2 Å². The van der Waals surface area contributed by atoms with Crippen molar-refractivity contribution in [3.05, 3.63) is 63.1 Å². The van der Waals surface area contributed by atoms with E-state index in [9.17, 15) is 4.79 Å². The van der Waals surface area contributed by atoms with Gasteiger partial charge in [-0.05, 0) is 67.4 Å². The molecular formula is C21H23Cl2N3O. The highest BCUT2D eigenvalue weighted by molar-refractivity contribution is 6.35. The predicted molar refractivity (Wildman–Crippen MR) is 111 cm³/mol. The van der Waals surface area contributed by atoms with Crippen LogP contribution in [0.1, 0.15) is 35.4 Å². The highest BCUT2D eigenvalue weighted by Gasteiger charge is 2.27. The second-order valence-corrected chi connectivity index (χ2v) is 8.31. The molecule has 0 aliphatic carbocycles. The van der Waals surface area contributed by atoms with E-state index in [1.807, 2.05) is 24.3 Å². The van der Waals surface area contributed by atoms with E-state index in [4.69, 9.17) is 23.2 Å². The summed E-state index contributed by atoms with van der Waals surface area (Å²) < 4.78 is 0. The Hall–Kier alpha value is -1.59. The Labute approximate surface area is 169 Å². The standard InChI is InChI=1S/C21H23Cl2N3O/c1-26-11-17(16-9-14(22)10-19(23)18(16)12-26)13-4-2-5-15(8-13)25-21(27)20-6-3-7-24-20/h2,4-5,8-10,17,20,24H,3,6-7,11-12H2,1H3,(H,25,27). The number of fused-ring (bicyclic) bond motifs is 1. The SMILES string of the molecule is CN1Cc2c(Cl)cc(Cl)cc2C(c2cccc(NC(=O)C3CCCN3)c2)C1. The van der Waals surface area contributed by atoms with Gasteiger partial charge in [0, 0.05) is 34.7 Å². The van der Waals surface area contributed by atoms with Gasteiger partial charge in [0.05, 0.1) is 6.04 Å². The lowest BCUT2D eigenvalue weighted by Crippen LogP contribution is -2.35. The fourth-order valence-electron chi connectivity index (χ4n) is 4.10. The minimum Gasteiger partial charge on any atom is -0.325 e. The minimum atomic E-state index is -0.0900. The van der Waals surface area contributed by atoms with Crippen molar-refractivity contribution in [3.8, 4) is 0 Å². The molecule has 2 aromatic rings. The molecule has 2 atom stereocenters. The number of halogens is 2. The normalized spacial score (nSPS) is 22.5. The Kier molecular flexibility index (Phi) is 5.42. The lowest BCUT2D eigenvalue weighted by Gasteiger charge is -2.33. The van der Waals surface area contributed by atoms with Crippen LogP contribution >= 0.6 is 23.2 Å². The number of carbonyl (C=O) groups is 1. The topological polar surface area (TPSA) is 44.4 Å². The maximum Gasteiger partial charge on any atom is 0.241 e. The van der Waals surface area contributed by atoms with Crippen LogP contribution in [0.2, 0.25) is 10.0 Å². The fraction of sp³-hybridized carbons (Fsp3) is 0.381. The molecule has 2 N–H and O–H groups in total. The first-order valence-electron chi connectivity index (χ1n) is 9.32. The van der Waals surface area contributed by atoms with E-state index >= 15 is 0 Å². The third-order valence-electron chi connectivity index (χ3n) is 5.43. The van der Waals surface area contributed by atoms with E-state index in [-0.39, 0.29) is 17.9 Å². The first kappa shape index (κ1) is 18.8. The van der Waals surface area contributed by atoms with E-state index in [1.165, 1.54) is 5.56 Å². The number of likely N-dealkylation sites (N-methyl/N-ethyl adjacent to an activating group) is 1. The third kappa shape index (κ3) is 3.99. The van der Waals surface area contributed by atoms with Crippen molar-refractivity contribution in [3.63, 3.8) is 0 Å². The van der Waals surface area contributed by atoms with Crippen molar-refractivity contribution < 1.29 is 4.79 Å². The monoisotopic (exact) mass is 403 g/mol. The Morgan fingerprint density at radius 3 is 2.89 bits per heavy atom. The number of hydrogen-bond acceptors (Lipinski definition) is 3. The molecule has 4 rings (SSSR count). The Bertz CT molecular complexity index is 865. The van der Waals surface area contributed by atoms with Gasteiger partial charge in [0.25, 0.3) is 0 Å². The molecule has 142 valence electrons. The average molecular weight is 404 g/mol. The van der Waals surface area contributed by atoms with Crippen LogP contribution in [0, 0.1) is 0 Å². The summed E-state index contributed by atoms with van der Waals surface area (Å²) in [6, 6.07) is 11.8. The zero-order valence-corrected chi connectivity index (χ0v) is 16.8. The van der Waals surface area contributed by atoms with Crippen molar-refractivity contribution in [1.29, 1.82) is 0 Å². The molecule has 1 fully saturated rings. The average Bonchev–Trinajstić information content (AvgIpc) is 3.17. The van der Waals surface area contributed by atoms with Crippen LogP contribution < -0.4 is 10.6 Å². The number of hydrogen-bond donors (Lipinski definition) is 2. The van der Waals surface area contributed by atoms with E-state index in [0.29, 0.717) is 10.0 Å². The molecule has 6 heteroatoms. The molecule has 0 radical (unpaired) electrons. The molecule has 27 heavy (non-hydrogen) atoms. The van der Waals surface area contributed by atoms with Crippen LogP contribution in [0.3, 0.4) is 0 Å². The molecule has 2 unspecified atom stereocenters. The van der Waals surface area contributed by atoms with Gasteiger partial charge in [0.15, 0.2) is 0 Å². The first-order chi connectivity index (χ1) is 13.0. The summed E-state index contributed by atoms with van der Waals surface area (Å²) in [7, 11) is 2.10. The molecule has 2 aliphatic heterocycles. The highest BCUT2D eigenvalue weighted by Crippen LogP contribution is 2.38. The summed E-state index contributed by atoms with van der Waals surface area (Å²) in [5, 5.41) is 7.66. The van der Waals surface area contributed by atoms with Gasteiger partial charge in [-0.15, -0.1) is 0 Å². The largest absolute Gasteiger partial charge is 0.325 e. The summed E-state index contributed by atoms with van der Waals surface area (Å²) in [5.41, 5.74) is 4.28. The van der Waals surface area contributed by atoms with Crippen molar-refractivity contribution in [2.24, 2.45) is 0 Å². The highest BCUT2D eigenvalue weighted by atomic mass is 35.5. The molecule has 0 bridgehead atoms. The van der Waals surface area contributed by atoms with Gasteiger partial charge in [-0.3, -0.25) is 4.79 Å². The summed E-state index contributed by atoms with van der Waals surface area (Å²) in [5.74, 6) is 0.202. The second kappa shape index (κ2) is 7.80. The summed E-state index contributed by atoms with van der Waals surface area (Å²) in [6.07, 6.45) is 1.94. The van der Waals surface area contributed by atoms with Gasteiger partial charge in [0.1, 0.15) is 0 Å². The number of carbonyl (C=O) groups excluding carboxylic acids is 1. The van der Waals surface area contributed by atoms with Gasteiger partial charge in [-0.1, -0.05) is 35.3 Å². The van der Waals surface area contributed by atoms with Crippen LogP contribution in [0.5, 0.6) is 0 Å². The van der Waals surface area contributed by atoms with Crippen LogP contribution in [0.15, 0.2) is 36.4 Å². The number of amides is 1. The zero-order chi connectivity index (χ0) is 19.0. The van der Waals surface area contributed by atoms with Crippen LogP contribution in [0.25, 0.3) is 0 Å². The smallest absolute Gasteiger partial charge is 0.241 e. The van der Waals surface area contributed by atoms with Gasteiger partial charge >= 0.3 is 0 Å². The predicted octanol–water partition coefficient (Wildman–Crippen LogP) is 4.26. The molecule has 1 saturated heterocycles. The number of rotatable bonds is 3. The first-order valence-corrected chi connectivity index (χ1v) is 10.1. The lowest BCUT2D eigenvalue weighted by molar-refractivity contribution is -0.117. The van der Waals surface area contributed by atoms with Crippen LogP contribution in [0.4, 0.5) is 5.69 Å². The fourth-order valence-corrected chi connectivity index (χ4v) is 4.67. The molecule has 0 saturated carbocycles. The quantitative estimate of drug-likeness (QED) is 0.804. The minimum absolute atomic E-state index is 0.0388. The summed E-state index contributed by atoms with van der Waals surface area (Å²) >= 11 is 12.7. The molecule has 4 nitrogen and oxygen atoms in total. The van der Waals surface area contributed by atoms with Crippen LogP contribution in [-0.4, -0.2) is 37.0 Å². The maximum atomic E-state index is 12.4. The number of anilines is 1. The van der Waals surface area contributed by atoms with E-state index in [0.717, 1.165) is 49.3 Å². The molecule has 2 aromatic carbocycles. The van der Waals surface area contributed by atoms with E-state index < -0.39 is 0 Å². The third-order valence-corrected chi connectivity index (χ3v) is 5.98. The summed E-state index contributed by atoms with van der Waals surface area (Å²) in [6.45, 7) is 2.60. The van der Waals surface area contributed by atoms with Crippen molar-refractivity contribution in [2.75, 3.05) is 25.5 Å². The number of benzene rings is 2. The molecule has 0 aromatic heterocycles. The Balaban J connectivity index is 1.63. The van der Waals surface area contributed by atoms with Gasteiger partial charge < -0.3 is 15.5 Å². The van der Waals surface area contributed by atoms with Gasteiger partial charge in [-0.2, -0.15) is 0 Å². The molecule has 2 heterocycles. The van der Waals surface area contributed by atoms with Crippen LogP contribution in [-0.2, 0) is 11.3 Å². The molecule has 0 spiro atoms. The lowest BCUT2D eigenvalue weighted by atomic mass is 9.84. The zero-order valence-electron chi connectivity index (χ0n) is 15.3. The maximum absolute atomic E-state index is 12.4. The summed E-state index contributed by atoms with van der Waals surface area (Å²) in [4.78, 5) is 14.7. The molecule has 2 aliphatic rings.